The molecular weight excluding hydrogens is 398 g/mol. The van der Waals surface area contributed by atoms with Crippen LogP contribution in [0, 0.1) is 5.92 Å². The highest BCUT2D eigenvalue weighted by Gasteiger charge is 2.41. The summed E-state index contributed by atoms with van der Waals surface area (Å²) in [4.78, 5) is 0. The summed E-state index contributed by atoms with van der Waals surface area (Å²) in [7, 11) is 1.71. The van der Waals surface area contributed by atoms with Gasteiger partial charge in [-0.2, -0.15) is 0 Å². The van der Waals surface area contributed by atoms with E-state index >= 15 is 0 Å². The molecule has 30 heavy (non-hydrogen) atoms. The second-order valence-electron chi connectivity index (χ2n) is 8.10. The average Bonchev–Trinajstić information content (AvgIpc) is 2.79. The molecule has 1 fully saturated rings. The van der Waals surface area contributed by atoms with Gasteiger partial charge in [-0.05, 0) is 62.8 Å². The van der Waals surface area contributed by atoms with Gasteiger partial charge in [-0.25, -0.2) is 0 Å². The third-order valence-corrected chi connectivity index (χ3v) is 6.43. The number of methoxy groups -OCH3 is 1. The summed E-state index contributed by atoms with van der Waals surface area (Å²) in [5, 5.41) is 16.1. The number of ether oxygens (including phenoxy) is 2. The Bertz CT molecular complexity index is 807. The maximum absolute atomic E-state index is 12.1. The quantitative estimate of drug-likeness (QED) is 0.474. The summed E-state index contributed by atoms with van der Waals surface area (Å²) >= 11 is 6.63. The van der Waals surface area contributed by atoms with Gasteiger partial charge in [0.1, 0.15) is 5.75 Å². The molecule has 164 valence electrons. The number of rotatable bonds is 10. The highest BCUT2D eigenvalue weighted by atomic mass is 35.5. The second kappa shape index (κ2) is 11.1. The van der Waals surface area contributed by atoms with E-state index in [0.717, 1.165) is 62.1 Å². The number of para-hydroxylation sites is 2. The third-order valence-electron chi connectivity index (χ3n) is 6.13. The Morgan fingerprint density at radius 1 is 1.17 bits per heavy atom. The molecule has 2 aromatic carbocycles. The summed E-state index contributed by atoms with van der Waals surface area (Å²) in [6, 6.07) is 13.7. The predicted octanol–water partition coefficient (Wildman–Crippen LogP) is 5.70. The van der Waals surface area contributed by atoms with Crippen LogP contribution >= 0.6 is 11.6 Å². The van der Waals surface area contributed by atoms with Crippen molar-refractivity contribution in [1.82, 2.24) is 5.32 Å². The first-order chi connectivity index (χ1) is 14.6. The van der Waals surface area contributed by atoms with Gasteiger partial charge in [0.15, 0.2) is 5.75 Å². The van der Waals surface area contributed by atoms with Crippen molar-refractivity contribution in [3.05, 3.63) is 58.6 Å². The molecule has 2 atom stereocenters. The highest BCUT2D eigenvalue weighted by molar-refractivity contribution is 6.32. The molecule has 3 rings (SSSR count). The first kappa shape index (κ1) is 23.1. The van der Waals surface area contributed by atoms with Gasteiger partial charge in [0.2, 0.25) is 0 Å². The van der Waals surface area contributed by atoms with Crippen LogP contribution in [0.5, 0.6) is 11.5 Å². The maximum atomic E-state index is 12.1. The molecule has 4 nitrogen and oxygen atoms in total. The molecule has 1 aliphatic rings. The van der Waals surface area contributed by atoms with Crippen LogP contribution in [0.25, 0.3) is 0 Å². The van der Waals surface area contributed by atoms with E-state index in [4.69, 9.17) is 21.1 Å². The van der Waals surface area contributed by atoms with Gasteiger partial charge >= 0.3 is 0 Å². The Hall–Kier alpha value is -1.59. The number of benzene rings is 2. The molecule has 1 saturated heterocycles. The fraction of sp³-hybridized carbons (Fsp3) is 0.520. The molecule has 0 amide bonds. The minimum Gasteiger partial charge on any atom is -0.455 e. The van der Waals surface area contributed by atoms with Crippen molar-refractivity contribution in [3.63, 3.8) is 0 Å². The molecule has 0 bridgehead atoms. The Balaban J connectivity index is 1.99. The predicted molar refractivity (Wildman–Crippen MR) is 123 cm³/mol. The molecule has 0 aliphatic carbocycles. The van der Waals surface area contributed by atoms with Crippen LogP contribution in [0.15, 0.2) is 42.5 Å². The lowest BCUT2D eigenvalue weighted by molar-refractivity contribution is -0.0446. The Labute approximate surface area is 185 Å². The number of aliphatic hydroxyl groups is 1. The zero-order valence-electron chi connectivity index (χ0n) is 18.1. The monoisotopic (exact) mass is 431 g/mol. The largest absolute Gasteiger partial charge is 0.455 e. The molecule has 1 aliphatic heterocycles. The minimum atomic E-state index is -1.01. The van der Waals surface area contributed by atoms with Crippen molar-refractivity contribution in [2.75, 3.05) is 26.8 Å². The number of halogens is 1. The average molecular weight is 432 g/mol. The van der Waals surface area contributed by atoms with Gasteiger partial charge in [-0.3, -0.25) is 0 Å². The van der Waals surface area contributed by atoms with E-state index in [-0.39, 0.29) is 5.92 Å². The van der Waals surface area contributed by atoms with Crippen molar-refractivity contribution in [1.29, 1.82) is 0 Å². The SMILES string of the molecule is CCc1ccccc1Oc1c(Cl)cccc1[C@](O)(CCCCOC)[C@@H]1CCCNC1. The fourth-order valence-corrected chi connectivity index (χ4v) is 4.63. The lowest BCUT2D eigenvalue weighted by atomic mass is 9.74. The van der Waals surface area contributed by atoms with Gasteiger partial charge in [0, 0.05) is 31.7 Å². The van der Waals surface area contributed by atoms with Crippen molar-refractivity contribution in [3.8, 4) is 11.5 Å². The van der Waals surface area contributed by atoms with Crippen LogP contribution in [-0.2, 0) is 16.8 Å². The van der Waals surface area contributed by atoms with E-state index in [0.29, 0.717) is 23.8 Å². The zero-order valence-corrected chi connectivity index (χ0v) is 18.9. The van der Waals surface area contributed by atoms with Gasteiger partial charge in [-0.1, -0.05) is 48.9 Å². The smallest absolute Gasteiger partial charge is 0.152 e. The number of unbranched alkanes of at least 4 members (excludes halogenated alkanes) is 1. The molecule has 0 radical (unpaired) electrons. The molecule has 0 unspecified atom stereocenters. The van der Waals surface area contributed by atoms with E-state index in [9.17, 15) is 5.11 Å². The Morgan fingerprint density at radius 2 is 2.00 bits per heavy atom. The van der Waals surface area contributed by atoms with Crippen LogP contribution in [0.1, 0.15) is 50.2 Å². The normalized spacial score (nSPS) is 18.7. The zero-order chi connectivity index (χ0) is 21.4. The summed E-state index contributed by atoms with van der Waals surface area (Å²) < 4.78 is 11.6. The van der Waals surface area contributed by atoms with E-state index < -0.39 is 5.60 Å². The van der Waals surface area contributed by atoms with Crippen molar-refractivity contribution in [2.45, 2.75) is 51.0 Å². The van der Waals surface area contributed by atoms with Gasteiger partial charge in [-0.15, -0.1) is 0 Å². The molecule has 0 spiro atoms. The van der Waals surface area contributed by atoms with E-state index in [1.54, 1.807) is 7.11 Å². The number of nitrogens with one attached hydrogen (secondary N) is 1. The van der Waals surface area contributed by atoms with Crippen LogP contribution in [-0.4, -0.2) is 31.9 Å². The lowest BCUT2D eigenvalue weighted by Gasteiger charge is -2.40. The topological polar surface area (TPSA) is 50.7 Å². The lowest BCUT2D eigenvalue weighted by Crippen LogP contribution is -2.44. The van der Waals surface area contributed by atoms with Crippen molar-refractivity contribution < 1.29 is 14.6 Å². The van der Waals surface area contributed by atoms with Crippen LogP contribution in [0.2, 0.25) is 5.02 Å². The third kappa shape index (κ3) is 5.36. The van der Waals surface area contributed by atoms with Crippen LogP contribution < -0.4 is 10.1 Å². The Morgan fingerprint density at radius 3 is 2.73 bits per heavy atom. The molecule has 2 aromatic rings. The highest BCUT2D eigenvalue weighted by Crippen LogP contribution is 2.46. The van der Waals surface area contributed by atoms with Crippen molar-refractivity contribution in [2.24, 2.45) is 5.92 Å². The number of hydrogen-bond donors (Lipinski definition) is 2. The minimum absolute atomic E-state index is 0.107. The number of aryl methyl sites for hydroxylation is 1. The van der Waals surface area contributed by atoms with Gasteiger partial charge in [0.25, 0.3) is 0 Å². The molecule has 0 saturated carbocycles. The standard InChI is InChI=1S/C25H34ClNO3/c1-3-19-10-4-5-14-23(19)30-24-21(12-8-13-22(24)26)25(28,15-6-7-17-29-2)20-11-9-16-27-18-20/h4-5,8,10,12-14,20,27-28H,3,6-7,9,11,15-18H2,1-2H3/t20-,25+/m1/s1. The van der Waals surface area contributed by atoms with Gasteiger partial charge < -0.3 is 19.9 Å². The molecule has 0 aromatic heterocycles. The van der Waals surface area contributed by atoms with Gasteiger partial charge in [0.05, 0.1) is 10.6 Å². The maximum Gasteiger partial charge on any atom is 0.152 e. The summed E-state index contributed by atoms with van der Waals surface area (Å²) in [5.41, 5.74) is 0.890. The number of hydrogen-bond acceptors (Lipinski definition) is 4. The van der Waals surface area contributed by atoms with E-state index in [1.807, 2.05) is 36.4 Å². The van der Waals surface area contributed by atoms with Crippen LogP contribution in [0.3, 0.4) is 0 Å². The van der Waals surface area contributed by atoms with Crippen molar-refractivity contribution >= 4 is 11.6 Å². The summed E-state index contributed by atoms with van der Waals surface area (Å²) in [6.07, 6.45) is 5.33. The first-order valence-corrected chi connectivity index (χ1v) is 11.4. The number of piperidine rings is 1. The molecule has 5 heteroatoms. The molecule has 1 heterocycles. The van der Waals surface area contributed by atoms with E-state index in [1.165, 1.54) is 0 Å². The summed E-state index contributed by atoms with van der Waals surface area (Å²) in [5.74, 6) is 1.47. The van der Waals surface area contributed by atoms with E-state index in [2.05, 4.69) is 18.3 Å². The Kier molecular flexibility index (Phi) is 8.58. The summed E-state index contributed by atoms with van der Waals surface area (Å²) in [6.45, 7) is 4.59. The van der Waals surface area contributed by atoms with Crippen LogP contribution in [0.4, 0.5) is 0 Å². The molecular formula is C25H34ClNO3. The molecule has 2 N–H and O–H groups in total. The fourth-order valence-electron chi connectivity index (χ4n) is 4.42. The first-order valence-electron chi connectivity index (χ1n) is 11.1. The second-order valence-corrected chi connectivity index (χ2v) is 8.50.